The van der Waals surface area contributed by atoms with Crippen molar-refractivity contribution in [3.63, 3.8) is 0 Å². The second-order valence-corrected chi connectivity index (χ2v) is 9.01. The van der Waals surface area contributed by atoms with E-state index in [0.717, 1.165) is 39.3 Å². The molecule has 3 aliphatic heterocycles. The van der Waals surface area contributed by atoms with Crippen LogP contribution in [0.3, 0.4) is 0 Å². The van der Waals surface area contributed by atoms with Crippen molar-refractivity contribution in [3.8, 4) is 0 Å². The summed E-state index contributed by atoms with van der Waals surface area (Å²) in [5, 5.41) is 0. The predicted molar refractivity (Wildman–Crippen MR) is 94.2 cm³/mol. The molecule has 1 saturated carbocycles. The third-order valence-corrected chi connectivity index (χ3v) is 6.76. The summed E-state index contributed by atoms with van der Waals surface area (Å²) in [4.78, 5) is 19.6. The van der Waals surface area contributed by atoms with Crippen molar-refractivity contribution < 1.29 is 18.3 Å². The van der Waals surface area contributed by atoms with Crippen LogP contribution in [-0.4, -0.2) is 90.1 Å². The number of likely N-dealkylation sites (tertiary alicyclic amines) is 1. The Morgan fingerprint density at radius 3 is 2.46 bits per heavy atom. The molecular weight excluding hydrogens is 340 g/mol. The van der Waals surface area contributed by atoms with Crippen molar-refractivity contribution in [2.24, 2.45) is 5.92 Å². The lowest BCUT2D eigenvalue weighted by molar-refractivity contribution is -0.186. The Morgan fingerprint density at radius 1 is 1.12 bits per heavy atom. The molecule has 1 spiro atoms. The molecule has 7 heteroatoms. The van der Waals surface area contributed by atoms with Gasteiger partial charge in [-0.2, -0.15) is 0 Å². The second kappa shape index (κ2) is 6.67. The van der Waals surface area contributed by atoms with Crippen LogP contribution < -0.4 is 0 Å². The number of morpholine rings is 1. The Kier molecular flexibility index (Phi) is 4.77. The smallest absolute Gasteiger partial charge is 0.248 e. The molecule has 4 rings (SSSR count). The molecule has 1 atom stereocenters. The van der Waals surface area contributed by atoms with Gasteiger partial charge in [-0.05, 0) is 12.8 Å². The number of fused-ring (bicyclic) bond motifs is 2. The summed E-state index contributed by atoms with van der Waals surface area (Å²) in [6.07, 6.45) is 1.20. The molecule has 0 bridgehead atoms. The summed E-state index contributed by atoms with van der Waals surface area (Å²) in [6, 6.07) is 0.536. The predicted octanol–water partition coefficient (Wildman–Crippen LogP) is 1.82. The average molecular weight is 371 g/mol. The molecule has 0 aromatic rings. The van der Waals surface area contributed by atoms with Gasteiger partial charge in [0.05, 0.1) is 24.8 Å². The van der Waals surface area contributed by atoms with Crippen molar-refractivity contribution in [2.45, 2.75) is 63.1 Å². The Morgan fingerprint density at radius 2 is 1.81 bits per heavy atom. The molecular formula is C19H31F2N3O2. The third-order valence-electron chi connectivity index (χ3n) is 6.76. The molecule has 1 amide bonds. The molecule has 4 fully saturated rings. The van der Waals surface area contributed by atoms with E-state index in [4.69, 9.17) is 4.74 Å². The van der Waals surface area contributed by atoms with E-state index in [0.29, 0.717) is 19.4 Å². The van der Waals surface area contributed by atoms with E-state index in [1.165, 1.54) is 0 Å². The number of halogens is 2. The lowest BCUT2D eigenvalue weighted by atomic mass is 9.79. The maximum atomic E-state index is 13.5. The van der Waals surface area contributed by atoms with E-state index in [2.05, 4.69) is 9.80 Å². The normalized spacial score (nSPS) is 32.5. The molecule has 0 N–H and O–H groups in total. The molecule has 0 radical (unpaired) electrons. The Bertz CT molecular complexity index is 541. The van der Waals surface area contributed by atoms with E-state index >= 15 is 0 Å². The van der Waals surface area contributed by atoms with Gasteiger partial charge in [0.25, 0.3) is 0 Å². The van der Waals surface area contributed by atoms with Crippen molar-refractivity contribution in [2.75, 3.05) is 45.9 Å². The number of alkyl halides is 2. The number of hydrogen-bond donors (Lipinski definition) is 0. The maximum Gasteiger partial charge on any atom is 0.248 e. The first-order valence-corrected chi connectivity index (χ1v) is 10.0. The topological polar surface area (TPSA) is 36.0 Å². The third kappa shape index (κ3) is 3.27. The fourth-order valence-corrected chi connectivity index (χ4v) is 5.37. The highest BCUT2D eigenvalue weighted by Crippen LogP contribution is 2.41. The number of ether oxygens (including phenoxy) is 1. The van der Waals surface area contributed by atoms with Gasteiger partial charge < -0.3 is 9.64 Å². The lowest BCUT2D eigenvalue weighted by Gasteiger charge is -2.65. The highest BCUT2D eigenvalue weighted by atomic mass is 19.3. The first-order chi connectivity index (χ1) is 12.3. The minimum atomic E-state index is -2.47. The van der Waals surface area contributed by atoms with Gasteiger partial charge >= 0.3 is 0 Å². The van der Waals surface area contributed by atoms with Gasteiger partial charge in [0, 0.05) is 57.5 Å². The second-order valence-electron chi connectivity index (χ2n) is 9.01. The van der Waals surface area contributed by atoms with Gasteiger partial charge in [-0.15, -0.1) is 0 Å². The Labute approximate surface area is 154 Å². The van der Waals surface area contributed by atoms with Crippen LogP contribution in [0.15, 0.2) is 0 Å². The monoisotopic (exact) mass is 371 g/mol. The first-order valence-electron chi connectivity index (χ1n) is 10.0. The van der Waals surface area contributed by atoms with Crippen molar-refractivity contribution in [1.82, 2.24) is 14.7 Å². The summed E-state index contributed by atoms with van der Waals surface area (Å²) in [7, 11) is 0. The van der Waals surface area contributed by atoms with Crippen molar-refractivity contribution >= 4 is 5.91 Å². The molecule has 26 heavy (non-hydrogen) atoms. The zero-order valence-corrected chi connectivity index (χ0v) is 15.9. The number of rotatable bonds is 2. The Balaban J connectivity index is 1.45. The number of hydrogen-bond acceptors (Lipinski definition) is 4. The SMILES string of the molecule is CC(C)C(=O)N1CC2COCCN2C2(C1)CN(C1CCC(F)(F)CC1)C2. The highest BCUT2D eigenvalue weighted by molar-refractivity contribution is 5.78. The van der Waals surface area contributed by atoms with Gasteiger partial charge in [0.2, 0.25) is 11.8 Å². The van der Waals surface area contributed by atoms with E-state index in [1.54, 1.807) is 0 Å². The van der Waals surface area contributed by atoms with Crippen LogP contribution in [0, 0.1) is 5.92 Å². The standard InChI is InChI=1S/C19H31F2N3O2/c1-14(2)17(25)22-9-16-10-26-8-7-24(16)18(11-22)12-23(13-18)15-3-5-19(20,21)6-4-15/h14-16H,3-13H2,1-2H3. The van der Waals surface area contributed by atoms with Gasteiger partial charge in [0.15, 0.2) is 0 Å². The largest absolute Gasteiger partial charge is 0.378 e. The van der Waals surface area contributed by atoms with Crippen LogP contribution in [0.25, 0.3) is 0 Å². The number of piperazine rings is 1. The number of nitrogens with zero attached hydrogens (tertiary/aromatic N) is 3. The fraction of sp³-hybridized carbons (Fsp3) is 0.947. The molecule has 1 aliphatic carbocycles. The summed E-state index contributed by atoms with van der Waals surface area (Å²) >= 11 is 0. The molecule has 4 aliphatic rings. The van der Waals surface area contributed by atoms with E-state index in [9.17, 15) is 13.6 Å². The maximum absolute atomic E-state index is 13.5. The minimum Gasteiger partial charge on any atom is -0.378 e. The number of carbonyl (C=O) groups excluding carboxylic acids is 1. The first kappa shape index (κ1) is 18.6. The molecule has 0 aromatic heterocycles. The van der Waals surface area contributed by atoms with E-state index in [-0.39, 0.29) is 42.3 Å². The van der Waals surface area contributed by atoms with Crippen LogP contribution in [0.4, 0.5) is 8.78 Å². The Hall–Kier alpha value is -0.790. The van der Waals surface area contributed by atoms with E-state index < -0.39 is 5.92 Å². The zero-order valence-electron chi connectivity index (χ0n) is 15.9. The van der Waals surface area contributed by atoms with Crippen molar-refractivity contribution in [1.29, 1.82) is 0 Å². The van der Waals surface area contributed by atoms with Crippen LogP contribution >= 0.6 is 0 Å². The van der Waals surface area contributed by atoms with Crippen LogP contribution in [0.5, 0.6) is 0 Å². The quantitative estimate of drug-likeness (QED) is 0.742. The zero-order chi connectivity index (χ0) is 18.5. The van der Waals surface area contributed by atoms with Crippen LogP contribution in [-0.2, 0) is 9.53 Å². The van der Waals surface area contributed by atoms with Gasteiger partial charge in [-0.1, -0.05) is 13.8 Å². The van der Waals surface area contributed by atoms with Gasteiger partial charge in [0.1, 0.15) is 0 Å². The van der Waals surface area contributed by atoms with Crippen LogP contribution in [0.2, 0.25) is 0 Å². The summed E-state index contributed by atoms with van der Waals surface area (Å²) in [6.45, 7) is 9.52. The summed E-state index contributed by atoms with van der Waals surface area (Å²) in [5.74, 6) is -2.26. The summed E-state index contributed by atoms with van der Waals surface area (Å²) < 4.78 is 32.6. The number of amides is 1. The molecule has 3 heterocycles. The fourth-order valence-electron chi connectivity index (χ4n) is 5.37. The van der Waals surface area contributed by atoms with Gasteiger partial charge in [-0.3, -0.25) is 14.6 Å². The molecule has 148 valence electrons. The molecule has 3 saturated heterocycles. The average Bonchev–Trinajstić information content (AvgIpc) is 2.58. The minimum absolute atomic E-state index is 0.000126. The van der Waals surface area contributed by atoms with E-state index in [1.807, 2.05) is 18.7 Å². The van der Waals surface area contributed by atoms with Gasteiger partial charge in [-0.25, -0.2) is 8.78 Å². The molecule has 0 aromatic carbocycles. The molecule has 5 nitrogen and oxygen atoms in total. The van der Waals surface area contributed by atoms with Crippen LogP contribution in [0.1, 0.15) is 39.5 Å². The summed E-state index contributed by atoms with van der Waals surface area (Å²) in [5.41, 5.74) is -0.0167. The lowest BCUT2D eigenvalue weighted by Crippen LogP contribution is -2.82. The molecule has 1 unspecified atom stereocenters. The highest BCUT2D eigenvalue weighted by Gasteiger charge is 2.56. The number of carbonyl (C=O) groups is 1. The van der Waals surface area contributed by atoms with Crippen molar-refractivity contribution in [3.05, 3.63) is 0 Å².